The van der Waals surface area contributed by atoms with Crippen LogP contribution in [-0.4, -0.2) is 48.6 Å². The highest BCUT2D eigenvalue weighted by Gasteiger charge is 2.32. The lowest BCUT2D eigenvalue weighted by molar-refractivity contribution is 0.0508. The summed E-state index contributed by atoms with van der Waals surface area (Å²) in [7, 11) is -3.56. The van der Waals surface area contributed by atoms with Gasteiger partial charge in [-0.1, -0.05) is 47.1 Å². The molecule has 2 heterocycles. The lowest BCUT2D eigenvalue weighted by Gasteiger charge is -2.37. The maximum absolute atomic E-state index is 13.2. The number of rotatable bonds is 8. The Bertz CT molecular complexity index is 1310. The van der Waals surface area contributed by atoms with Crippen molar-refractivity contribution >= 4 is 25.8 Å². The zero-order valence-electron chi connectivity index (χ0n) is 21.1. The third-order valence-electron chi connectivity index (χ3n) is 6.71. The highest BCUT2D eigenvalue weighted by Crippen LogP contribution is 2.32. The van der Waals surface area contributed by atoms with Crippen molar-refractivity contribution in [2.75, 3.05) is 19.5 Å². The Morgan fingerprint density at radius 3 is 2.37 bits per heavy atom. The van der Waals surface area contributed by atoms with Crippen molar-refractivity contribution < 1.29 is 13.2 Å². The molecule has 0 saturated heterocycles. The fraction of sp³-hybridized carbons (Fsp3) is 0.444. The Hall–Kier alpha value is -2.00. The van der Waals surface area contributed by atoms with E-state index in [1.54, 1.807) is 4.68 Å². The van der Waals surface area contributed by atoms with Crippen LogP contribution in [0.3, 0.4) is 0 Å². The molecule has 35 heavy (non-hydrogen) atoms. The zero-order chi connectivity index (χ0) is 25.3. The summed E-state index contributed by atoms with van der Waals surface area (Å²) in [5, 5.41) is 5.17. The molecule has 0 saturated carbocycles. The summed E-state index contributed by atoms with van der Waals surface area (Å²) in [5.74, 6) is 0. The van der Waals surface area contributed by atoms with E-state index < -0.39 is 9.84 Å². The predicted octanol–water partition coefficient (Wildman–Crippen LogP) is 5.18. The minimum atomic E-state index is -3.56. The van der Waals surface area contributed by atoms with Gasteiger partial charge in [-0.2, -0.15) is 5.10 Å². The number of sulfone groups is 1. The molecule has 0 spiro atoms. The van der Waals surface area contributed by atoms with Crippen LogP contribution in [0, 0.1) is 13.8 Å². The first kappa shape index (κ1) is 26.1. The Labute approximate surface area is 217 Å². The van der Waals surface area contributed by atoms with Crippen LogP contribution in [0.2, 0.25) is 0 Å². The molecule has 1 atom stereocenters. The zero-order valence-corrected chi connectivity index (χ0v) is 23.5. The number of benzene rings is 2. The van der Waals surface area contributed by atoms with Crippen molar-refractivity contribution in [3.8, 4) is 5.69 Å². The third-order valence-corrected chi connectivity index (χ3v) is 8.29. The summed E-state index contributed by atoms with van der Waals surface area (Å²) in [6, 6.07) is 12.7. The minimum absolute atomic E-state index is 0.168. The normalized spacial score (nSPS) is 16.5. The third kappa shape index (κ3) is 5.40. The molecule has 4 rings (SSSR count). The van der Waals surface area contributed by atoms with Crippen LogP contribution < -0.4 is 0 Å². The second kappa shape index (κ2) is 10.5. The van der Waals surface area contributed by atoms with Gasteiger partial charge in [-0.05, 0) is 68.0 Å². The number of halogens is 1. The molecule has 2 aromatic carbocycles. The number of ether oxygens (including phenoxy) is 1. The van der Waals surface area contributed by atoms with E-state index >= 15 is 0 Å². The van der Waals surface area contributed by atoms with Gasteiger partial charge in [0, 0.05) is 42.0 Å². The lowest BCUT2D eigenvalue weighted by atomic mass is 9.94. The average Bonchev–Trinajstić information content (AvgIpc) is 3.15. The SMILES string of the molecule is CCOC[C@H]1Cc2ccccc2CN1Cc1c(CC)nn(-c2c(C)cc(Br)cc2C)c1S(C)(=O)=O. The van der Waals surface area contributed by atoms with Gasteiger partial charge in [0.15, 0.2) is 14.9 Å². The molecule has 0 unspecified atom stereocenters. The molecular formula is C27H34BrN3O3S. The lowest BCUT2D eigenvalue weighted by Crippen LogP contribution is -2.43. The van der Waals surface area contributed by atoms with E-state index in [1.165, 1.54) is 17.4 Å². The van der Waals surface area contributed by atoms with Gasteiger partial charge in [-0.3, -0.25) is 4.90 Å². The Morgan fingerprint density at radius 1 is 1.11 bits per heavy atom. The van der Waals surface area contributed by atoms with Crippen LogP contribution in [0.4, 0.5) is 0 Å². The van der Waals surface area contributed by atoms with Crippen LogP contribution >= 0.6 is 15.9 Å². The molecule has 0 amide bonds. The van der Waals surface area contributed by atoms with Crippen molar-refractivity contribution in [2.45, 2.75) is 64.7 Å². The number of aryl methyl sites for hydroxylation is 3. The molecule has 0 radical (unpaired) electrons. The van der Waals surface area contributed by atoms with Gasteiger partial charge in [-0.25, -0.2) is 13.1 Å². The fourth-order valence-corrected chi connectivity index (χ4v) is 6.90. The highest BCUT2D eigenvalue weighted by molar-refractivity contribution is 9.10. The van der Waals surface area contributed by atoms with Crippen LogP contribution in [0.25, 0.3) is 5.69 Å². The Kier molecular flexibility index (Phi) is 7.86. The maximum Gasteiger partial charge on any atom is 0.193 e. The van der Waals surface area contributed by atoms with Crippen molar-refractivity contribution in [3.63, 3.8) is 0 Å². The van der Waals surface area contributed by atoms with Gasteiger partial charge >= 0.3 is 0 Å². The van der Waals surface area contributed by atoms with Crippen molar-refractivity contribution in [3.05, 3.63) is 74.4 Å². The van der Waals surface area contributed by atoms with Gasteiger partial charge in [0.25, 0.3) is 0 Å². The topological polar surface area (TPSA) is 64.4 Å². The first-order chi connectivity index (χ1) is 16.6. The van der Waals surface area contributed by atoms with Gasteiger partial charge < -0.3 is 4.74 Å². The summed E-state index contributed by atoms with van der Waals surface area (Å²) in [4.78, 5) is 2.36. The number of nitrogens with zero attached hydrogens (tertiary/aromatic N) is 3. The molecule has 1 aliphatic heterocycles. The molecular weight excluding hydrogens is 526 g/mol. The van der Waals surface area contributed by atoms with Crippen molar-refractivity contribution in [1.82, 2.24) is 14.7 Å². The van der Waals surface area contributed by atoms with E-state index in [1.807, 2.05) is 39.8 Å². The smallest absolute Gasteiger partial charge is 0.193 e. The number of hydrogen-bond acceptors (Lipinski definition) is 5. The molecule has 1 aromatic heterocycles. The van der Waals surface area contributed by atoms with E-state index in [0.29, 0.717) is 26.2 Å². The van der Waals surface area contributed by atoms with Crippen LogP contribution in [0.5, 0.6) is 0 Å². The van der Waals surface area contributed by atoms with Crippen LogP contribution in [0.15, 0.2) is 45.9 Å². The van der Waals surface area contributed by atoms with E-state index in [-0.39, 0.29) is 11.1 Å². The summed E-state index contributed by atoms with van der Waals surface area (Å²) >= 11 is 3.55. The summed E-state index contributed by atoms with van der Waals surface area (Å²) in [6.45, 7) is 10.5. The van der Waals surface area contributed by atoms with Gasteiger partial charge in [-0.15, -0.1) is 0 Å². The van der Waals surface area contributed by atoms with E-state index in [9.17, 15) is 8.42 Å². The van der Waals surface area contributed by atoms with E-state index in [2.05, 4.69) is 45.1 Å². The molecule has 0 bridgehead atoms. The summed E-state index contributed by atoms with van der Waals surface area (Å²) in [5.41, 5.74) is 7.00. The molecule has 0 N–H and O–H groups in total. The Balaban J connectivity index is 1.84. The molecule has 0 fully saturated rings. The van der Waals surface area contributed by atoms with Crippen LogP contribution in [0.1, 0.15) is 47.4 Å². The number of fused-ring (bicyclic) bond motifs is 1. The standard InChI is InChI=1S/C27H34BrN3O3S/c1-6-25-24(16-30-15-21-11-9-8-10-20(21)14-23(30)17-34-7-2)27(35(5,32)33)31(29-25)26-18(3)12-22(28)13-19(26)4/h8-13,23H,6-7,14-17H2,1-5H3/t23-/m1/s1. The minimum Gasteiger partial charge on any atom is -0.380 e. The van der Waals surface area contributed by atoms with Crippen molar-refractivity contribution in [2.24, 2.45) is 0 Å². The maximum atomic E-state index is 13.2. The molecule has 0 aliphatic carbocycles. The molecule has 1 aliphatic rings. The van der Waals surface area contributed by atoms with Crippen molar-refractivity contribution in [1.29, 1.82) is 0 Å². The Morgan fingerprint density at radius 2 is 1.77 bits per heavy atom. The first-order valence-corrected chi connectivity index (χ1v) is 14.8. The quantitative estimate of drug-likeness (QED) is 0.380. The average molecular weight is 561 g/mol. The van der Waals surface area contributed by atoms with E-state index in [0.717, 1.165) is 45.5 Å². The number of hydrogen-bond donors (Lipinski definition) is 0. The molecule has 188 valence electrons. The molecule has 8 heteroatoms. The van der Waals surface area contributed by atoms with Gasteiger partial charge in [0.05, 0.1) is 18.0 Å². The number of aromatic nitrogens is 2. The first-order valence-electron chi connectivity index (χ1n) is 12.1. The second-order valence-corrected chi connectivity index (χ2v) is 12.2. The largest absolute Gasteiger partial charge is 0.380 e. The monoisotopic (exact) mass is 559 g/mol. The summed E-state index contributed by atoms with van der Waals surface area (Å²) in [6.07, 6.45) is 2.82. The van der Waals surface area contributed by atoms with Gasteiger partial charge in [0.2, 0.25) is 0 Å². The highest BCUT2D eigenvalue weighted by atomic mass is 79.9. The predicted molar refractivity (Wildman–Crippen MR) is 143 cm³/mol. The summed E-state index contributed by atoms with van der Waals surface area (Å²) < 4.78 is 35.0. The second-order valence-electron chi connectivity index (χ2n) is 9.35. The van der Waals surface area contributed by atoms with Gasteiger partial charge in [0.1, 0.15) is 0 Å². The van der Waals surface area contributed by atoms with E-state index in [4.69, 9.17) is 9.84 Å². The molecule has 3 aromatic rings. The fourth-order valence-electron chi connectivity index (χ4n) is 5.14. The van der Waals surface area contributed by atoms with Crippen LogP contribution in [-0.2, 0) is 40.5 Å². The molecule has 6 nitrogen and oxygen atoms in total.